The van der Waals surface area contributed by atoms with Crippen molar-refractivity contribution in [1.29, 1.82) is 0 Å². The molecule has 0 radical (unpaired) electrons. The number of nitrogens with zero attached hydrogens (tertiary/aromatic N) is 4. The second-order valence-electron chi connectivity index (χ2n) is 6.21. The van der Waals surface area contributed by atoms with E-state index in [1.165, 1.54) is 12.1 Å². The number of phenolic OH excluding ortho intramolecular Hbond substituents is 1. The summed E-state index contributed by atoms with van der Waals surface area (Å²) in [5.74, 6) is -0.221. The first kappa shape index (κ1) is 18.2. The van der Waals surface area contributed by atoms with Crippen LogP contribution in [0.25, 0.3) is 0 Å². The summed E-state index contributed by atoms with van der Waals surface area (Å²) in [6.07, 6.45) is 3.71. The molecule has 0 bridgehead atoms. The van der Waals surface area contributed by atoms with Crippen LogP contribution in [-0.4, -0.2) is 52.0 Å². The van der Waals surface area contributed by atoms with Gasteiger partial charge in [0.2, 0.25) is 0 Å². The number of halogens is 1. The van der Waals surface area contributed by atoms with E-state index in [1.807, 2.05) is 26.4 Å². The summed E-state index contributed by atoms with van der Waals surface area (Å²) in [5, 5.41) is 16.8. The first-order valence-corrected chi connectivity index (χ1v) is 8.67. The van der Waals surface area contributed by atoms with Crippen LogP contribution in [0.4, 0.5) is 4.39 Å². The number of aromatic nitrogens is 2. The van der Waals surface area contributed by atoms with Crippen molar-refractivity contribution in [2.24, 2.45) is 12.0 Å². The van der Waals surface area contributed by atoms with Crippen LogP contribution in [0.5, 0.6) is 5.75 Å². The lowest BCUT2D eigenvalue weighted by atomic mass is 10.1. The van der Waals surface area contributed by atoms with Crippen LogP contribution in [0.1, 0.15) is 24.2 Å². The van der Waals surface area contributed by atoms with Crippen LogP contribution in [0.15, 0.2) is 35.6 Å². The lowest BCUT2D eigenvalue weighted by molar-refractivity contribution is -0.00805. The fourth-order valence-corrected chi connectivity index (χ4v) is 2.89. The fraction of sp³-hybridized carbons (Fsp3) is 0.444. The van der Waals surface area contributed by atoms with Gasteiger partial charge >= 0.3 is 0 Å². The van der Waals surface area contributed by atoms with Crippen molar-refractivity contribution in [1.82, 2.24) is 20.0 Å². The van der Waals surface area contributed by atoms with E-state index in [9.17, 15) is 9.50 Å². The smallest absolute Gasteiger partial charge is 0.194 e. The highest BCUT2D eigenvalue weighted by molar-refractivity contribution is 5.80. The van der Waals surface area contributed by atoms with Gasteiger partial charge in [-0.05, 0) is 24.6 Å². The van der Waals surface area contributed by atoms with Crippen LogP contribution in [0, 0.1) is 5.82 Å². The lowest BCUT2D eigenvalue weighted by Crippen LogP contribution is -2.48. The second-order valence-corrected chi connectivity index (χ2v) is 6.21. The van der Waals surface area contributed by atoms with Gasteiger partial charge in [-0.1, -0.05) is 6.07 Å². The SMILES string of the molecule is CCNC(=NCc1ccc(O)c(F)c1)N1CCOC(c2cnn(C)c2)C1. The molecule has 0 amide bonds. The molecule has 0 aliphatic carbocycles. The molecule has 3 rings (SSSR count). The summed E-state index contributed by atoms with van der Waals surface area (Å²) >= 11 is 0. The summed E-state index contributed by atoms with van der Waals surface area (Å²) < 4.78 is 21.1. The molecule has 2 N–H and O–H groups in total. The van der Waals surface area contributed by atoms with Gasteiger partial charge in [0.1, 0.15) is 6.10 Å². The van der Waals surface area contributed by atoms with Crippen LogP contribution in [0.3, 0.4) is 0 Å². The number of aromatic hydroxyl groups is 1. The van der Waals surface area contributed by atoms with Crippen molar-refractivity contribution in [3.05, 3.63) is 47.5 Å². The Morgan fingerprint density at radius 2 is 2.35 bits per heavy atom. The molecule has 1 fully saturated rings. The molecule has 26 heavy (non-hydrogen) atoms. The number of morpholine rings is 1. The Labute approximate surface area is 152 Å². The van der Waals surface area contributed by atoms with E-state index in [2.05, 4.69) is 20.3 Å². The molecule has 0 saturated carbocycles. The predicted molar refractivity (Wildman–Crippen MR) is 96.4 cm³/mol. The minimum Gasteiger partial charge on any atom is -0.505 e. The minimum atomic E-state index is -0.634. The highest BCUT2D eigenvalue weighted by Gasteiger charge is 2.25. The third kappa shape index (κ3) is 4.32. The van der Waals surface area contributed by atoms with Gasteiger partial charge < -0.3 is 20.1 Å². The molecule has 1 saturated heterocycles. The number of hydrogen-bond acceptors (Lipinski definition) is 4. The van der Waals surface area contributed by atoms with Crippen molar-refractivity contribution in [2.45, 2.75) is 19.6 Å². The fourth-order valence-electron chi connectivity index (χ4n) is 2.89. The van der Waals surface area contributed by atoms with Crippen molar-refractivity contribution in [2.75, 3.05) is 26.2 Å². The standard InChI is InChI=1S/C18H24FN5O2/c1-3-20-18(21-9-13-4-5-16(25)15(19)8-13)24-6-7-26-17(12-24)14-10-22-23(2)11-14/h4-5,8,10-11,17,25H,3,6-7,9,12H2,1-2H3,(H,20,21). The lowest BCUT2D eigenvalue weighted by Gasteiger charge is -2.34. The summed E-state index contributed by atoms with van der Waals surface area (Å²) in [6, 6.07) is 4.32. The zero-order chi connectivity index (χ0) is 18.5. The van der Waals surface area contributed by atoms with Gasteiger partial charge in [0.15, 0.2) is 17.5 Å². The van der Waals surface area contributed by atoms with Gasteiger partial charge in [0.05, 0.1) is 25.9 Å². The number of benzene rings is 1. The van der Waals surface area contributed by atoms with Gasteiger partial charge in [-0.3, -0.25) is 4.68 Å². The number of ether oxygens (including phenoxy) is 1. The molecule has 1 aliphatic heterocycles. The number of hydrogen-bond donors (Lipinski definition) is 2. The average Bonchev–Trinajstić information content (AvgIpc) is 3.08. The van der Waals surface area contributed by atoms with E-state index in [4.69, 9.17) is 4.74 Å². The topological polar surface area (TPSA) is 74.9 Å². The third-order valence-corrected chi connectivity index (χ3v) is 4.22. The van der Waals surface area contributed by atoms with Crippen molar-refractivity contribution < 1.29 is 14.2 Å². The van der Waals surface area contributed by atoms with Crippen molar-refractivity contribution in [3.8, 4) is 5.75 Å². The van der Waals surface area contributed by atoms with Crippen LogP contribution >= 0.6 is 0 Å². The van der Waals surface area contributed by atoms with E-state index in [-0.39, 0.29) is 11.9 Å². The maximum absolute atomic E-state index is 13.5. The van der Waals surface area contributed by atoms with E-state index in [0.717, 1.165) is 24.6 Å². The van der Waals surface area contributed by atoms with E-state index in [0.29, 0.717) is 25.3 Å². The molecule has 1 unspecified atom stereocenters. The Morgan fingerprint density at radius 3 is 3.04 bits per heavy atom. The molecule has 1 atom stereocenters. The minimum absolute atomic E-state index is 0.0626. The van der Waals surface area contributed by atoms with Crippen LogP contribution in [0.2, 0.25) is 0 Å². The quantitative estimate of drug-likeness (QED) is 0.642. The van der Waals surface area contributed by atoms with Crippen molar-refractivity contribution in [3.63, 3.8) is 0 Å². The number of aliphatic imine (C=N–C) groups is 1. The molecule has 8 heteroatoms. The molecular weight excluding hydrogens is 337 g/mol. The van der Waals surface area contributed by atoms with E-state index >= 15 is 0 Å². The van der Waals surface area contributed by atoms with Crippen LogP contribution < -0.4 is 5.32 Å². The normalized spacial score (nSPS) is 18.2. The molecule has 1 aromatic carbocycles. The summed E-state index contributed by atoms with van der Waals surface area (Å²) in [4.78, 5) is 6.76. The molecule has 7 nitrogen and oxygen atoms in total. The van der Waals surface area contributed by atoms with E-state index < -0.39 is 5.82 Å². The highest BCUT2D eigenvalue weighted by atomic mass is 19.1. The number of nitrogens with one attached hydrogen (secondary N) is 1. The summed E-state index contributed by atoms with van der Waals surface area (Å²) in [6.45, 7) is 5.06. The number of phenols is 1. The predicted octanol–water partition coefficient (Wildman–Crippen LogP) is 1.80. The Hall–Kier alpha value is -2.61. The zero-order valence-corrected chi connectivity index (χ0v) is 15.0. The van der Waals surface area contributed by atoms with Gasteiger partial charge in [-0.15, -0.1) is 0 Å². The maximum Gasteiger partial charge on any atom is 0.194 e. The number of rotatable bonds is 4. The van der Waals surface area contributed by atoms with Gasteiger partial charge in [-0.2, -0.15) is 5.10 Å². The largest absolute Gasteiger partial charge is 0.505 e. The first-order valence-electron chi connectivity index (χ1n) is 8.67. The highest BCUT2D eigenvalue weighted by Crippen LogP contribution is 2.22. The average molecular weight is 361 g/mol. The zero-order valence-electron chi connectivity index (χ0n) is 15.0. The van der Waals surface area contributed by atoms with Gasteiger partial charge in [-0.25, -0.2) is 9.38 Å². The second kappa shape index (κ2) is 8.18. The third-order valence-electron chi connectivity index (χ3n) is 4.22. The van der Waals surface area contributed by atoms with Crippen LogP contribution in [-0.2, 0) is 18.3 Å². The maximum atomic E-state index is 13.5. The molecule has 140 valence electrons. The summed E-state index contributed by atoms with van der Waals surface area (Å²) in [5.41, 5.74) is 1.74. The van der Waals surface area contributed by atoms with E-state index in [1.54, 1.807) is 10.7 Å². The molecular formula is C18H24FN5O2. The van der Waals surface area contributed by atoms with Gasteiger partial charge in [0, 0.05) is 31.9 Å². The monoisotopic (exact) mass is 361 g/mol. The number of guanidine groups is 1. The Morgan fingerprint density at radius 1 is 1.50 bits per heavy atom. The Bertz CT molecular complexity index is 777. The molecule has 1 aliphatic rings. The Balaban J connectivity index is 1.72. The Kier molecular flexibility index (Phi) is 5.72. The summed E-state index contributed by atoms with van der Waals surface area (Å²) in [7, 11) is 1.88. The van der Waals surface area contributed by atoms with Gasteiger partial charge in [0.25, 0.3) is 0 Å². The van der Waals surface area contributed by atoms with Crippen molar-refractivity contribution >= 4 is 5.96 Å². The number of aryl methyl sites for hydroxylation is 1. The molecule has 2 aromatic rings. The molecule has 0 spiro atoms. The first-order chi connectivity index (χ1) is 12.6. The molecule has 1 aromatic heterocycles. The molecule has 2 heterocycles.